The first-order valence-electron chi connectivity index (χ1n) is 10.6. The SMILES string of the molecule is CCCCCOc1ccc(C(=O)CCC(=O)OCc2cc(=O)n3cc(Cl)ccc3n2)cc1. The van der Waals surface area contributed by atoms with Crippen molar-refractivity contribution in [2.45, 2.75) is 45.6 Å². The van der Waals surface area contributed by atoms with Gasteiger partial charge in [-0.25, -0.2) is 4.98 Å². The molecule has 2 heterocycles. The molecule has 0 saturated heterocycles. The van der Waals surface area contributed by atoms with Crippen LogP contribution in [0.5, 0.6) is 5.75 Å². The number of pyridine rings is 1. The average Bonchev–Trinajstić information content (AvgIpc) is 2.80. The first-order chi connectivity index (χ1) is 15.5. The molecule has 0 N–H and O–H groups in total. The summed E-state index contributed by atoms with van der Waals surface area (Å²) in [6, 6.07) is 11.4. The first kappa shape index (κ1) is 23.5. The van der Waals surface area contributed by atoms with Crippen molar-refractivity contribution in [3.63, 3.8) is 0 Å². The van der Waals surface area contributed by atoms with Gasteiger partial charge in [-0.1, -0.05) is 31.4 Å². The number of hydrogen-bond acceptors (Lipinski definition) is 6. The number of benzene rings is 1. The molecule has 0 amide bonds. The third-order valence-electron chi connectivity index (χ3n) is 4.81. The van der Waals surface area contributed by atoms with Gasteiger partial charge in [0.1, 0.15) is 18.0 Å². The number of hydrogen-bond donors (Lipinski definition) is 0. The molecule has 0 aliphatic heterocycles. The van der Waals surface area contributed by atoms with Crippen LogP contribution in [0.4, 0.5) is 0 Å². The standard InChI is InChI=1S/C24H25ClN2O5/c1-2-3-4-13-31-20-8-5-17(6-9-20)21(28)10-12-24(30)32-16-19-14-23(29)27-15-18(25)7-11-22(27)26-19/h5-9,11,14-15H,2-4,10,12-13,16H2,1H3. The summed E-state index contributed by atoms with van der Waals surface area (Å²) in [6.07, 6.45) is 4.69. The molecule has 0 aliphatic carbocycles. The lowest BCUT2D eigenvalue weighted by molar-refractivity contribution is -0.145. The lowest BCUT2D eigenvalue weighted by Gasteiger charge is -2.07. The second kappa shape index (κ2) is 11.4. The zero-order chi connectivity index (χ0) is 22.9. The topological polar surface area (TPSA) is 87.0 Å². The minimum atomic E-state index is -0.535. The van der Waals surface area contributed by atoms with Gasteiger partial charge in [-0.15, -0.1) is 0 Å². The van der Waals surface area contributed by atoms with Crippen molar-refractivity contribution in [1.82, 2.24) is 9.38 Å². The highest BCUT2D eigenvalue weighted by atomic mass is 35.5. The van der Waals surface area contributed by atoms with Gasteiger partial charge in [0.2, 0.25) is 0 Å². The van der Waals surface area contributed by atoms with Gasteiger partial charge >= 0.3 is 5.97 Å². The zero-order valence-corrected chi connectivity index (χ0v) is 18.6. The normalized spacial score (nSPS) is 10.8. The number of ether oxygens (including phenoxy) is 2. The van der Waals surface area contributed by atoms with Crippen molar-refractivity contribution < 1.29 is 19.1 Å². The van der Waals surface area contributed by atoms with Crippen LogP contribution in [-0.2, 0) is 16.1 Å². The summed E-state index contributed by atoms with van der Waals surface area (Å²) in [5.74, 6) is 0.0314. The molecule has 0 radical (unpaired) electrons. The van der Waals surface area contributed by atoms with E-state index < -0.39 is 5.97 Å². The van der Waals surface area contributed by atoms with E-state index in [4.69, 9.17) is 21.1 Å². The lowest BCUT2D eigenvalue weighted by atomic mass is 10.1. The third-order valence-corrected chi connectivity index (χ3v) is 5.03. The predicted molar refractivity (Wildman–Crippen MR) is 121 cm³/mol. The molecule has 168 valence electrons. The molecule has 2 aromatic heterocycles. The Bertz CT molecular complexity index is 1140. The van der Waals surface area contributed by atoms with E-state index >= 15 is 0 Å². The first-order valence-corrected chi connectivity index (χ1v) is 10.9. The Morgan fingerprint density at radius 1 is 1.06 bits per heavy atom. The molecule has 0 aliphatic rings. The molecule has 7 nitrogen and oxygen atoms in total. The second-order valence-electron chi connectivity index (χ2n) is 7.33. The summed E-state index contributed by atoms with van der Waals surface area (Å²) in [6.45, 7) is 2.64. The number of nitrogens with zero attached hydrogens (tertiary/aromatic N) is 2. The Morgan fingerprint density at radius 2 is 1.84 bits per heavy atom. The molecule has 32 heavy (non-hydrogen) atoms. The molecule has 8 heteroatoms. The number of ketones is 1. The van der Waals surface area contributed by atoms with E-state index in [0.717, 1.165) is 25.0 Å². The predicted octanol–water partition coefficient (Wildman–Crippen LogP) is 4.62. The fraction of sp³-hybridized carbons (Fsp3) is 0.333. The summed E-state index contributed by atoms with van der Waals surface area (Å²) >= 11 is 5.89. The minimum absolute atomic E-state index is 0.0296. The van der Waals surface area contributed by atoms with E-state index in [1.165, 1.54) is 16.7 Å². The fourth-order valence-corrected chi connectivity index (χ4v) is 3.23. The molecule has 1 aromatic carbocycles. The maximum absolute atomic E-state index is 12.3. The molecule has 0 spiro atoms. The Labute approximate surface area is 191 Å². The number of carbonyl (C=O) groups is 2. The summed E-state index contributed by atoms with van der Waals surface area (Å²) in [4.78, 5) is 40.8. The van der Waals surface area contributed by atoms with E-state index in [9.17, 15) is 14.4 Å². The molecule has 0 unspecified atom stereocenters. The van der Waals surface area contributed by atoms with Crippen LogP contribution in [0.3, 0.4) is 0 Å². The highest BCUT2D eigenvalue weighted by Gasteiger charge is 2.12. The molecule has 0 atom stereocenters. The quantitative estimate of drug-likeness (QED) is 0.237. The van der Waals surface area contributed by atoms with Gasteiger partial charge in [-0.05, 0) is 42.8 Å². The third kappa shape index (κ3) is 6.65. The van der Waals surface area contributed by atoms with Crippen molar-refractivity contribution in [2.75, 3.05) is 6.61 Å². The largest absolute Gasteiger partial charge is 0.494 e. The highest BCUT2D eigenvalue weighted by Crippen LogP contribution is 2.15. The summed E-state index contributed by atoms with van der Waals surface area (Å²) in [5, 5.41) is 0.416. The summed E-state index contributed by atoms with van der Waals surface area (Å²) in [5.41, 5.74) is 0.922. The van der Waals surface area contributed by atoms with Gasteiger partial charge in [0.05, 0.1) is 23.7 Å². The van der Waals surface area contributed by atoms with Crippen LogP contribution < -0.4 is 10.3 Å². The maximum atomic E-state index is 12.3. The van der Waals surface area contributed by atoms with Crippen LogP contribution in [0.1, 0.15) is 55.1 Å². The van der Waals surface area contributed by atoms with Crippen LogP contribution in [-0.4, -0.2) is 27.7 Å². The number of carbonyl (C=O) groups excluding carboxylic acids is 2. The van der Waals surface area contributed by atoms with Crippen LogP contribution in [0.15, 0.2) is 53.5 Å². The Kier molecular flexibility index (Phi) is 8.39. The van der Waals surface area contributed by atoms with E-state index in [1.807, 2.05) is 0 Å². The van der Waals surface area contributed by atoms with Crippen LogP contribution >= 0.6 is 11.6 Å². The Morgan fingerprint density at radius 3 is 2.59 bits per heavy atom. The molecule has 0 bridgehead atoms. The van der Waals surface area contributed by atoms with E-state index in [1.54, 1.807) is 36.4 Å². The van der Waals surface area contributed by atoms with Crippen LogP contribution in [0.25, 0.3) is 5.65 Å². The van der Waals surface area contributed by atoms with Gasteiger partial charge in [-0.2, -0.15) is 0 Å². The van der Waals surface area contributed by atoms with Gasteiger partial charge < -0.3 is 9.47 Å². The smallest absolute Gasteiger partial charge is 0.306 e. The van der Waals surface area contributed by atoms with Crippen molar-refractivity contribution in [2.24, 2.45) is 0 Å². The van der Waals surface area contributed by atoms with Gasteiger partial charge in [-0.3, -0.25) is 18.8 Å². The summed E-state index contributed by atoms with van der Waals surface area (Å²) in [7, 11) is 0. The molecule has 0 saturated carbocycles. The number of Topliss-reactive ketones (excluding diaryl/α,β-unsaturated/α-hetero) is 1. The van der Waals surface area contributed by atoms with Crippen molar-refractivity contribution in [3.05, 3.63) is 75.3 Å². The number of unbranched alkanes of at least 4 members (excludes halogenated alkanes) is 2. The minimum Gasteiger partial charge on any atom is -0.494 e. The number of halogens is 1. The van der Waals surface area contributed by atoms with Gasteiger partial charge in [0.15, 0.2) is 5.78 Å². The molecule has 3 aromatic rings. The van der Waals surface area contributed by atoms with Crippen molar-refractivity contribution in [1.29, 1.82) is 0 Å². The Balaban J connectivity index is 1.46. The monoisotopic (exact) mass is 456 g/mol. The van der Waals surface area contributed by atoms with Crippen molar-refractivity contribution in [3.8, 4) is 5.75 Å². The summed E-state index contributed by atoms with van der Waals surface area (Å²) < 4.78 is 12.1. The zero-order valence-electron chi connectivity index (χ0n) is 17.9. The fourth-order valence-electron chi connectivity index (χ4n) is 3.07. The van der Waals surface area contributed by atoms with E-state index in [-0.39, 0.29) is 30.8 Å². The van der Waals surface area contributed by atoms with Gasteiger partial charge in [0, 0.05) is 24.2 Å². The molecular formula is C24H25ClN2O5. The van der Waals surface area contributed by atoms with Crippen LogP contribution in [0, 0.1) is 0 Å². The molecule has 3 rings (SSSR count). The lowest BCUT2D eigenvalue weighted by Crippen LogP contribution is -2.16. The number of esters is 1. The highest BCUT2D eigenvalue weighted by molar-refractivity contribution is 6.30. The molecule has 0 fully saturated rings. The van der Waals surface area contributed by atoms with Crippen LogP contribution in [0.2, 0.25) is 5.02 Å². The number of rotatable bonds is 11. The molecular weight excluding hydrogens is 432 g/mol. The maximum Gasteiger partial charge on any atom is 0.306 e. The Hall–Kier alpha value is -3.19. The number of aromatic nitrogens is 2. The van der Waals surface area contributed by atoms with Crippen molar-refractivity contribution >= 4 is 29.0 Å². The number of fused-ring (bicyclic) bond motifs is 1. The second-order valence-corrected chi connectivity index (χ2v) is 7.76. The van der Waals surface area contributed by atoms with E-state index in [2.05, 4.69) is 11.9 Å². The van der Waals surface area contributed by atoms with Gasteiger partial charge in [0.25, 0.3) is 5.56 Å². The average molecular weight is 457 g/mol. The van der Waals surface area contributed by atoms with E-state index in [0.29, 0.717) is 28.5 Å².